The van der Waals surface area contributed by atoms with Crippen LogP contribution in [-0.2, 0) is 4.74 Å². The highest BCUT2D eigenvalue weighted by atomic mass is 16.5. The molecule has 1 saturated heterocycles. The van der Waals surface area contributed by atoms with Crippen LogP contribution in [0.3, 0.4) is 0 Å². The first kappa shape index (κ1) is 15.5. The molecule has 1 aromatic carbocycles. The molecule has 0 bridgehead atoms. The van der Waals surface area contributed by atoms with Gasteiger partial charge >= 0.3 is 0 Å². The Bertz CT molecular complexity index is 468. The lowest BCUT2D eigenvalue weighted by molar-refractivity contribution is -0.0702. The zero-order chi connectivity index (χ0) is 15.0. The Morgan fingerprint density at radius 1 is 1.30 bits per heavy atom. The van der Waals surface area contributed by atoms with Crippen molar-refractivity contribution in [2.75, 3.05) is 6.54 Å². The maximum absolute atomic E-state index is 10.4. The minimum absolute atomic E-state index is 0.102. The van der Waals surface area contributed by atoms with Crippen LogP contribution in [0.25, 0.3) is 0 Å². The summed E-state index contributed by atoms with van der Waals surface area (Å²) in [6, 6.07) is 8.25. The van der Waals surface area contributed by atoms with E-state index in [-0.39, 0.29) is 17.2 Å². The summed E-state index contributed by atoms with van der Waals surface area (Å²) in [6.45, 7) is 11.0. The van der Waals surface area contributed by atoms with Crippen LogP contribution in [0.4, 0.5) is 0 Å². The molecule has 20 heavy (non-hydrogen) atoms. The van der Waals surface area contributed by atoms with Crippen LogP contribution in [0.2, 0.25) is 0 Å². The zero-order valence-electron chi connectivity index (χ0n) is 13.2. The van der Waals surface area contributed by atoms with E-state index in [1.807, 2.05) is 31.2 Å². The van der Waals surface area contributed by atoms with Gasteiger partial charge in [-0.25, -0.2) is 0 Å². The molecule has 1 aromatic rings. The molecule has 0 saturated carbocycles. The van der Waals surface area contributed by atoms with Crippen molar-refractivity contribution < 1.29 is 9.84 Å². The fraction of sp³-hybridized carbons (Fsp3) is 0.647. The van der Waals surface area contributed by atoms with Gasteiger partial charge in [0, 0.05) is 12.6 Å². The second-order valence-corrected chi connectivity index (χ2v) is 7.00. The van der Waals surface area contributed by atoms with Gasteiger partial charge in [0.25, 0.3) is 0 Å². The zero-order valence-corrected chi connectivity index (χ0v) is 13.2. The van der Waals surface area contributed by atoms with Crippen molar-refractivity contribution in [1.29, 1.82) is 0 Å². The first-order valence-corrected chi connectivity index (χ1v) is 7.38. The summed E-state index contributed by atoms with van der Waals surface area (Å²) >= 11 is 0. The molecule has 2 unspecified atom stereocenters. The van der Waals surface area contributed by atoms with Crippen molar-refractivity contribution >= 4 is 0 Å². The van der Waals surface area contributed by atoms with E-state index < -0.39 is 6.10 Å². The first-order valence-electron chi connectivity index (χ1n) is 7.38. The quantitative estimate of drug-likeness (QED) is 0.889. The van der Waals surface area contributed by atoms with Crippen molar-refractivity contribution in [3.63, 3.8) is 0 Å². The number of hydrogen-bond donors (Lipinski definition) is 2. The molecule has 2 N–H and O–H groups in total. The van der Waals surface area contributed by atoms with Crippen LogP contribution in [0.1, 0.15) is 51.3 Å². The van der Waals surface area contributed by atoms with Gasteiger partial charge in [-0.05, 0) is 52.2 Å². The maximum atomic E-state index is 10.4. The topological polar surface area (TPSA) is 41.5 Å². The summed E-state index contributed by atoms with van der Waals surface area (Å²) < 4.78 is 6.07. The standard InChI is InChI=1S/C17H27NO2/c1-12-8-6-7-9-13(12)14(19)11-18-15-10-16(2,3)20-17(15,4)5/h6-9,14-15,18-19H,10-11H2,1-5H3. The number of rotatable bonds is 4. The van der Waals surface area contributed by atoms with Crippen LogP contribution >= 0.6 is 0 Å². The van der Waals surface area contributed by atoms with Gasteiger partial charge in [-0.2, -0.15) is 0 Å². The summed E-state index contributed by atoms with van der Waals surface area (Å²) in [6.07, 6.45) is 0.483. The average molecular weight is 277 g/mol. The Hall–Kier alpha value is -0.900. The maximum Gasteiger partial charge on any atom is 0.0917 e. The highest BCUT2D eigenvalue weighted by molar-refractivity contribution is 5.27. The van der Waals surface area contributed by atoms with E-state index in [9.17, 15) is 5.11 Å². The molecule has 0 amide bonds. The lowest BCUT2D eigenvalue weighted by atomic mass is 9.94. The van der Waals surface area contributed by atoms with E-state index in [2.05, 4.69) is 33.0 Å². The normalized spacial score (nSPS) is 25.6. The van der Waals surface area contributed by atoms with E-state index in [0.29, 0.717) is 6.54 Å². The van der Waals surface area contributed by atoms with Crippen molar-refractivity contribution in [1.82, 2.24) is 5.32 Å². The number of aliphatic hydroxyl groups is 1. The molecule has 0 spiro atoms. The number of ether oxygens (including phenoxy) is 1. The monoisotopic (exact) mass is 277 g/mol. The van der Waals surface area contributed by atoms with Gasteiger partial charge in [0.15, 0.2) is 0 Å². The second kappa shape index (κ2) is 5.47. The molecule has 1 fully saturated rings. The minimum Gasteiger partial charge on any atom is -0.387 e. The largest absolute Gasteiger partial charge is 0.387 e. The number of nitrogens with one attached hydrogen (secondary N) is 1. The molecular weight excluding hydrogens is 250 g/mol. The highest BCUT2D eigenvalue weighted by Gasteiger charge is 2.45. The molecule has 1 heterocycles. The summed E-state index contributed by atoms with van der Waals surface area (Å²) in [5.41, 5.74) is 1.82. The van der Waals surface area contributed by atoms with E-state index >= 15 is 0 Å². The van der Waals surface area contributed by atoms with Gasteiger partial charge < -0.3 is 15.2 Å². The van der Waals surface area contributed by atoms with Gasteiger partial charge in [0.2, 0.25) is 0 Å². The third kappa shape index (κ3) is 3.40. The van der Waals surface area contributed by atoms with Gasteiger partial charge in [-0.15, -0.1) is 0 Å². The van der Waals surface area contributed by atoms with E-state index in [1.165, 1.54) is 0 Å². The van der Waals surface area contributed by atoms with Gasteiger partial charge in [-0.1, -0.05) is 24.3 Å². The highest BCUT2D eigenvalue weighted by Crippen LogP contribution is 2.37. The average Bonchev–Trinajstić information content (AvgIpc) is 2.54. The second-order valence-electron chi connectivity index (χ2n) is 7.00. The molecule has 3 heteroatoms. The van der Waals surface area contributed by atoms with E-state index in [1.54, 1.807) is 0 Å². The van der Waals surface area contributed by atoms with Gasteiger partial charge in [-0.3, -0.25) is 0 Å². The molecule has 3 nitrogen and oxygen atoms in total. The number of hydrogen-bond acceptors (Lipinski definition) is 3. The van der Waals surface area contributed by atoms with Crippen LogP contribution < -0.4 is 5.32 Å². The van der Waals surface area contributed by atoms with Crippen LogP contribution in [-0.4, -0.2) is 28.9 Å². The molecule has 0 aliphatic carbocycles. The molecule has 2 atom stereocenters. The summed E-state index contributed by atoms with van der Waals surface area (Å²) in [4.78, 5) is 0. The molecule has 2 rings (SSSR count). The summed E-state index contributed by atoms with van der Waals surface area (Å²) in [5.74, 6) is 0. The molecule has 1 aliphatic heterocycles. The van der Waals surface area contributed by atoms with Crippen molar-refractivity contribution in [3.8, 4) is 0 Å². The minimum atomic E-state index is -0.476. The molecule has 112 valence electrons. The van der Waals surface area contributed by atoms with Crippen LogP contribution in [0, 0.1) is 6.92 Å². The fourth-order valence-electron chi connectivity index (χ4n) is 3.20. The predicted molar refractivity (Wildman–Crippen MR) is 81.8 cm³/mol. The Morgan fingerprint density at radius 2 is 1.95 bits per heavy atom. The lowest BCUT2D eigenvalue weighted by Crippen LogP contribution is -2.44. The Kier molecular flexibility index (Phi) is 4.24. The summed E-state index contributed by atoms with van der Waals surface area (Å²) in [5, 5.41) is 13.8. The number of benzene rings is 1. The molecule has 0 aromatic heterocycles. The van der Waals surface area contributed by atoms with Gasteiger partial charge in [0.05, 0.1) is 17.3 Å². The third-order valence-corrected chi connectivity index (χ3v) is 4.18. The fourth-order valence-corrected chi connectivity index (χ4v) is 3.20. The molecule has 0 radical (unpaired) electrons. The van der Waals surface area contributed by atoms with Crippen molar-refractivity contribution in [2.45, 2.75) is 64.4 Å². The summed E-state index contributed by atoms with van der Waals surface area (Å²) in [7, 11) is 0. The smallest absolute Gasteiger partial charge is 0.0917 e. The van der Waals surface area contributed by atoms with Crippen LogP contribution in [0.5, 0.6) is 0 Å². The number of aliphatic hydroxyl groups excluding tert-OH is 1. The predicted octanol–water partition coefficient (Wildman–Crippen LogP) is 2.96. The Morgan fingerprint density at radius 3 is 2.50 bits per heavy atom. The van der Waals surface area contributed by atoms with Gasteiger partial charge in [0.1, 0.15) is 0 Å². The van der Waals surface area contributed by atoms with Crippen LogP contribution in [0.15, 0.2) is 24.3 Å². The Balaban J connectivity index is 1.97. The van der Waals surface area contributed by atoms with E-state index in [4.69, 9.17) is 4.74 Å². The third-order valence-electron chi connectivity index (χ3n) is 4.18. The van der Waals surface area contributed by atoms with E-state index in [0.717, 1.165) is 17.5 Å². The molecule has 1 aliphatic rings. The first-order chi connectivity index (χ1) is 9.21. The SMILES string of the molecule is Cc1ccccc1C(O)CNC1CC(C)(C)OC1(C)C. The molecular formula is C17H27NO2. The Labute approximate surface area is 122 Å². The lowest BCUT2D eigenvalue weighted by Gasteiger charge is -2.28. The van der Waals surface area contributed by atoms with Crippen molar-refractivity contribution in [2.24, 2.45) is 0 Å². The number of aryl methyl sites for hydroxylation is 1. The van der Waals surface area contributed by atoms with Crippen molar-refractivity contribution in [3.05, 3.63) is 35.4 Å².